The molecule has 0 unspecified atom stereocenters. The van der Waals surface area contributed by atoms with Crippen LogP contribution in [-0.4, -0.2) is 32.5 Å². The third-order valence-corrected chi connectivity index (χ3v) is 5.89. The standard InChI is InChI=1S/C20H28N4O2S/c1-14-9-11-17(12-10-14)26-15(2)19-22-23-20(24(19)3)27-13-18(25)21-16-7-5-4-6-8-16/h9-12,15-16H,4-8,13H2,1-3H3,(H,21,25)/t15-/m1/s1. The molecule has 0 radical (unpaired) electrons. The van der Waals surface area contributed by atoms with E-state index in [2.05, 4.69) is 15.5 Å². The summed E-state index contributed by atoms with van der Waals surface area (Å²) in [4.78, 5) is 12.2. The highest BCUT2D eigenvalue weighted by Gasteiger charge is 2.19. The van der Waals surface area contributed by atoms with Crippen LogP contribution in [0.2, 0.25) is 0 Å². The molecule has 0 spiro atoms. The topological polar surface area (TPSA) is 69.0 Å². The third-order valence-electron chi connectivity index (χ3n) is 4.87. The lowest BCUT2D eigenvalue weighted by molar-refractivity contribution is -0.119. The lowest BCUT2D eigenvalue weighted by Crippen LogP contribution is -2.37. The lowest BCUT2D eigenvalue weighted by atomic mass is 9.95. The van der Waals surface area contributed by atoms with Crippen LogP contribution in [0.4, 0.5) is 0 Å². The smallest absolute Gasteiger partial charge is 0.230 e. The Morgan fingerprint density at radius 3 is 2.67 bits per heavy atom. The maximum absolute atomic E-state index is 12.2. The number of ether oxygens (including phenoxy) is 1. The second-order valence-corrected chi connectivity index (χ2v) is 8.11. The highest BCUT2D eigenvalue weighted by molar-refractivity contribution is 7.99. The van der Waals surface area contributed by atoms with Crippen molar-refractivity contribution in [2.24, 2.45) is 7.05 Å². The van der Waals surface area contributed by atoms with Crippen molar-refractivity contribution in [3.8, 4) is 5.75 Å². The fraction of sp³-hybridized carbons (Fsp3) is 0.550. The van der Waals surface area contributed by atoms with E-state index in [1.165, 1.54) is 36.6 Å². The van der Waals surface area contributed by atoms with E-state index in [1.54, 1.807) is 0 Å². The average molecular weight is 389 g/mol. The fourth-order valence-corrected chi connectivity index (χ4v) is 4.06. The molecule has 2 aromatic rings. The molecule has 1 atom stereocenters. The van der Waals surface area contributed by atoms with Crippen LogP contribution in [0.3, 0.4) is 0 Å². The molecule has 1 N–H and O–H groups in total. The number of aryl methyl sites for hydroxylation is 1. The third kappa shape index (κ3) is 5.48. The SMILES string of the molecule is Cc1ccc(O[C@H](C)c2nnc(SCC(=O)NC3CCCCC3)n2C)cc1. The minimum Gasteiger partial charge on any atom is -0.483 e. The van der Waals surface area contributed by atoms with Crippen LogP contribution in [0.5, 0.6) is 5.75 Å². The van der Waals surface area contributed by atoms with E-state index in [0.717, 1.165) is 29.6 Å². The first-order valence-corrected chi connectivity index (χ1v) is 10.6. The molecule has 3 rings (SSSR count). The van der Waals surface area contributed by atoms with Crippen LogP contribution in [-0.2, 0) is 11.8 Å². The number of hydrogen-bond acceptors (Lipinski definition) is 5. The van der Waals surface area contributed by atoms with Crippen molar-refractivity contribution in [2.75, 3.05) is 5.75 Å². The molecule has 1 aliphatic rings. The van der Waals surface area contributed by atoms with E-state index >= 15 is 0 Å². The summed E-state index contributed by atoms with van der Waals surface area (Å²) < 4.78 is 7.86. The van der Waals surface area contributed by atoms with Gasteiger partial charge in [0, 0.05) is 13.1 Å². The molecule has 7 heteroatoms. The monoisotopic (exact) mass is 388 g/mol. The number of hydrogen-bond donors (Lipinski definition) is 1. The minimum atomic E-state index is -0.226. The Labute approximate surface area is 165 Å². The fourth-order valence-electron chi connectivity index (χ4n) is 3.33. The molecular weight excluding hydrogens is 360 g/mol. The summed E-state index contributed by atoms with van der Waals surface area (Å²) in [5.74, 6) is 1.97. The maximum atomic E-state index is 12.2. The molecule has 27 heavy (non-hydrogen) atoms. The summed E-state index contributed by atoms with van der Waals surface area (Å²) in [5.41, 5.74) is 1.19. The van der Waals surface area contributed by atoms with Gasteiger partial charge < -0.3 is 14.6 Å². The zero-order chi connectivity index (χ0) is 19.2. The van der Waals surface area contributed by atoms with Crippen molar-refractivity contribution >= 4 is 17.7 Å². The Bertz CT molecular complexity index is 754. The summed E-state index contributed by atoms with van der Waals surface area (Å²) in [7, 11) is 1.91. The Hall–Kier alpha value is -2.02. The van der Waals surface area contributed by atoms with Crippen molar-refractivity contribution in [3.05, 3.63) is 35.7 Å². The number of carbonyl (C=O) groups excluding carboxylic acids is 1. The zero-order valence-electron chi connectivity index (χ0n) is 16.3. The van der Waals surface area contributed by atoms with Gasteiger partial charge in [-0.15, -0.1) is 10.2 Å². The normalized spacial score (nSPS) is 16.1. The predicted octanol–water partition coefficient (Wildman–Crippen LogP) is 3.80. The Morgan fingerprint density at radius 2 is 1.96 bits per heavy atom. The molecule has 0 saturated heterocycles. The molecule has 1 amide bonds. The second kappa shape index (κ2) is 9.26. The van der Waals surface area contributed by atoms with Crippen LogP contribution in [0.25, 0.3) is 0 Å². The van der Waals surface area contributed by atoms with Crippen molar-refractivity contribution in [1.29, 1.82) is 0 Å². The quantitative estimate of drug-likeness (QED) is 0.731. The summed E-state index contributed by atoms with van der Waals surface area (Å²) in [6.45, 7) is 4.00. The predicted molar refractivity (Wildman–Crippen MR) is 107 cm³/mol. The van der Waals surface area contributed by atoms with Gasteiger partial charge in [0.25, 0.3) is 0 Å². The summed E-state index contributed by atoms with van der Waals surface area (Å²) in [6, 6.07) is 8.28. The number of benzene rings is 1. The first-order valence-electron chi connectivity index (χ1n) is 9.57. The van der Waals surface area contributed by atoms with Crippen LogP contribution in [0.15, 0.2) is 29.4 Å². The van der Waals surface area contributed by atoms with Crippen LogP contribution in [0, 0.1) is 6.92 Å². The van der Waals surface area contributed by atoms with Crippen molar-refractivity contribution in [3.63, 3.8) is 0 Å². The number of nitrogens with one attached hydrogen (secondary N) is 1. The van der Waals surface area contributed by atoms with Gasteiger partial charge >= 0.3 is 0 Å². The van der Waals surface area contributed by atoms with Gasteiger partial charge in [-0.05, 0) is 38.8 Å². The largest absolute Gasteiger partial charge is 0.483 e. The van der Waals surface area contributed by atoms with E-state index in [1.807, 2.05) is 49.7 Å². The van der Waals surface area contributed by atoms with Gasteiger partial charge in [0.1, 0.15) is 5.75 Å². The molecule has 146 valence electrons. The summed E-state index contributed by atoms with van der Waals surface area (Å²) >= 11 is 1.41. The Balaban J connectivity index is 1.52. The van der Waals surface area contributed by atoms with Gasteiger partial charge in [-0.2, -0.15) is 0 Å². The maximum Gasteiger partial charge on any atom is 0.230 e. The summed E-state index contributed by atoms with van der Waals surface area (Å²) in [6.07, 6.45) is 5.67. The van der Waals surface area contributed by atoms with Crippen molar-refractivity contribution in [2.45, 2.75) is 63.3 Å². The van der Waals surface area contributed by atoms with Gasteiger partial charge in [0.2, 0.25) is 5.91 Å². The van der Waals surface area contributed by atoms with Crippen molar-refractivity contribution in [1.82, 2.24) is 20.1 Å². The molecule has 1 aliphatic carbocycles. The first-order chi connectivity index (χ1) is 13.0. The van der Waals surface area contributed by atoms with E-state index in [9.17, 15) is 4.79 Å². The molecule has 1 heterocycles. The number of aromatic nitrogens is 3. The van der Waals surface area contributed by atoms with Crippen LogP contribution in [0.1, 0.15) is 56.5 Å². The summed E-state index contributed by atoms with van der Waals surface area (Å²) in [5, 5.41) is 12.3. The first kappa shape index (κ1) is 19.7. The molecular formula is C20H28N4O2S. The highest BCUT2D eigenvalue weighted by atomic mass is 32.2. The molecule has 0 aliphatic heterocycles. The van der Waals surface area contributed by atoms with Gasteiger partial charge in [-0.1, -0.05) is 48.7 Å². The molecule has 0 bridgehead atoms. The molecule has 1 fully saturated rings. The van der Waals surface area contributed by atoms with Crippen LogP contribution < -0.4 is 10.1 Å². The Morgan fingerprint density at radius 1 is 1.26 bits per heavy atom. The Kier molecular flexibility index (Phi) is 6.77. The number of thioether (sulfide) groups is 1. The second-order valence-electron chi connectivity index (χ2n) is 7.16. The number of rotatable bonds is 7. The van der Waals surface area contributed by atoms with Crippen molar-refractivity contribution < 1.29 is 9.53 Å². The lowest BCUT2D eigenvalue weighted by Gasteiger charge is -2.22. The van der Waals surface area contributed by atoms with E-state index in [-0.39, 0.29) is 12.0 Å². The average Bonchev–Trinajstić information content (AvgIpc) is 3.03. The number of carbonyl (C=O) groups is 1. The van der Waals surface area contributed by atoms with E-state index in [0.29, 0.717) is 11.8 Å². The van der Waals surface area contributed by atoms with Gasteiger partial charge in [-0.3, -0.25) is 4.79 Å². The number of nitrogens with zero attached hydrogens (tertiary/aromatic N) is 3. The van der Waals surface area contributed by atoms with E-state index in [4.69, 9.17) is 4.74 Å². The minimum absolute atomic E-state index is 0.0698. The zero-order valence-corrected chi connectivity index (χ0v) is 17.1. The molecule has 1 aromatic heterocycles. The highest BCUT2D eigenvalue weighted by Crippen LogP contribution is 2.24. The van der Waals surface area contributed by atoms with Gasteiger partial charge in [-0.25, -0.2) is 0 Å². The molecule has 6 nitrogen and oxygen atoms in total. The van der Waals surface area contributed by atoms with Gasteiger partial charge in [0.15, 0.2) is 17.1 Å². The van der Waals surface area contributed by atoms with E-state index < -0.39 is 0 Å². The van der Waals surface area contributed by atoms with Crippen LogP contribution >= 0.6 is 11.8 Å². The molecule has 1 aromatic carbocycles. The van der Waals surface area contributed by atoms with Gasteiger partial charge in [0.05, 0.1) is 5.75 Å². The number of amides is 1. The molecule has 1 saturated carbocycles.